The fourth-order valence-electron chi connectivity index (χ4n) is 2.72. The van der Waals surface area contributed by atoms with E-state index in [1.165, 1.54) is 6.07 Å². The van der Waals surface area contributed by atoms with Gasteiger partial charge in [0.25, 0.3) is 5.91 Å². The van der Waals surface area contributed by atoms with Crippen LogP contribution in [0.4, 0.5) is 4.39 Å². The van der Waals surface area contributed by atoms with Crippen molar-refractivity contribution >= 4 is 23.1 Å². The Kier molecular flexibility index (Phi) is 4.70. The van der Waals surface area contributed by atoms with E-state index < -0.39 is 5.82 Å². The predicted molar refractivity (Wildman–Crippen MR) is 81.2 cm³/mol. The third kappa shape index (κ3) is 3.15. The topological polar surface area (TPSA) is 46.3 Å². The van der Waals surface area contributed by atoms with Crippen LogP contribution in [0.15, 0.2) is 18.2 Å². The Labute approximate surface area is 123 Å². The number of thiocarbonyl (C=S) groups is 1. The summed E-state index contributed by atoms with van der Waals surface area (Å²) in [6, 6.07) is 4.98. The molecular formula is C15H19FN2OS. The van der Waals surface area contributed by atoms with Crippen molar-refractivity contribution in [1.29, 1.82) is 0 Å². The highest BCUT2D eigenvalue weighted by Crippen LogP contribution is 2.25. The molecule has 1 aliphatic carbocycles. The number of amides is 1. The molecule has 0 heterocycles. The minimum atomic E-state index is -0.455. The molecule has 0 aliphatic heterocycles. The number of nitrogens with zero attached hydrogens (tertiary/aromatic N) is 1. The van der Waals surface area contributed by atoms with Crippen LogP contribution in [0, 0.1) is 12.7 Å². The molecule has 1 aromatic carbocycles. The highest BCUT2D eigenvalue weighted by atomic mass is 32.1. The Morgan fingerprint density at radius 3 is 2.70 bits per heavy atom. The van der Waals surface area contributed by atoms with Crippen molar-refractivity contribution in [3.63, 3.8) is 0 Å². The van der Waals surface area contributed by atoms with Crippen LogP contribution < -0.4 is 5.73 Å². The maximum absolute atomic E-state index is 14.1. The summed E-state index contributed by atoms with van der Waals surface area (Å²) < 4.78 is 14.1. The molecule has 1 saturated carbocycles. The third-order valence-electron chi connectivity index (χ3n) is 3.77. The lowest BCUT2D eigenvalue weighted by Crippen LogP contribution is -2.44. The van der Waals surface area contributed by atoms with E-state index >= 15 is 0 Å². The standard InChI is InChI=1S/C15H19FN2OS/c1-10-5-4-8-12(14(10)16)15(19)18(9-13(17)20)11-6-2-3-7-11/h4-5,8,11H,2-3,6-7,9H2,1H3,(H2,17,20). The molecule has 1 amide bonds. The largest absolute Gasteiger partial charge is 0.392 e. The predicted octanol–water partition coefficient (Wildman–Crippen LogP) is 2.81. The summed E-state index contributed by atoms with van der Waals surface area (Å²) >= 11 is 4.93. The molecule has 1 aromatic rings. The number of rotatable bonds is 4. The Bertz CT molecular complexity index is 527. The molecule has 108 valence electrons. The first kappa shape index (κ1) is 14.9. The van der Waals surface area contributed by atoms with E-state index in [0.717, 1.165) is 25.7 Å². The third-order valence-corrected chi connectivity index (χ3v) is 3.90. The van der Waals surface area contributed by atoms with Crippen LogP contribution in [0.25, 0.3) is 0 Å². The molecule has 0 spiro atoms. The van der Waals surface area contributed by atoms with Gasteiger partial charge in [0.15, 0.2) is 0 Å². The van der Waals surface area contributed by atoms with Gasteiger partial charge < -0.3 is 10.6 Å². The number of aryl methyl sites for hydroxylation is 1. The lowest BCUT2D eigenvalue weighted by molar-refractivity contribution is 0.0709. The van der Waals surface area contributed by atoms with Crippen molar-refractivity contribution in [2.75, 3.05) is 6.54 Å². The average Bonchev–Trinajstić information content (AvgIpc) is 2.92. The van der Waals surface area contributed by atoms with Crippen LogP contribution in [0.1, 0.15) is 41.6 Å². The number of halogens is 1. The van der Waals surface area contributed by atoms with Gasteiger partial charge in [-0.05, 0) is 31.4 Å². The quantitative estimate of drug-likeness (QED) is 0.869. The van der Waals surface area contributed by atoms with Crippen molar-refractivity contribution in [2.24, 2.45) is 5.73 Å². The van der Waals surface area contributed by atoms with Crippen molar-refractivity contribution in [3.8, 4) is 0 Å². The van der Waals surface area contributed by atoms with Crippen molar-refractivity contribution in [1.82, 2.24) is 4.90 Å². The van der Waals surface area contributed by atoms with E-state index in [9.17, 15) is 9.18 Å². The first-order chi connectivity index (χ1) is 9.50. The van der Waals surface area contributed by atoms with Crippen LogP contribution in [-0.2, 0) is 0 Å². The van der Waals surface area contributed by atoms with Gasteiger partial charge in [-0.25, -0.2) is 4.39 Å². The van der Waals surface area contributed by atoms with Crippen LogP contribution in [0.3, 0.4) is 0 Å². The summed E-state index contributed by atoms with van der Waals surface area (Å²) in [4.78, 5) is 14.5. The highest BCUT2D eigenvalue weighted by Gasteiger charge is 2.29. The van der Waals surface area contributed by atoms with Crippen molar-refractivity contribution < 1.29 is 9.18 Å². The second-order valence-corrected chi connectivity index (χ2v) is 5.80. The molecule has 20 heavy (non-hydrogen) atoms. The van der Waals surface area contributed by atoms with E-state index in [-0.39, 0.29) is 29.0 Å². The highest BCUT2D eigenvalue weighted by molar-refractivity contribution is 7.80. The maximum atomic E-state index is 14.1. The van der Waals surface area contributed by atoms with Gasteiger partial charge in [0.2, 0.25) is 0 Å². The second-order valence-electron chi connectivity index (χ2n) is 5.27. The molecule has 0 radical (unpaired) electrons. The van der Waals surface area contributed by atoms with Crippen molar-refractivity contribution in [3.05, 3.63) is 35.1 Å². The molecule has 3 nitrogen and oxygen atoms in total. The van der Waals surface area contributed by atoms with Gasteiger partial charge in [-0.15, -0.1) is 0 Å². The molecular weight excluding hydrogens is 275 g/mol. The average molecular weight is 294 g/mol. The SMILES string of the molecule is Cc1cccc(C(=O)N(CC(N)=S)C2CCCC2)c1F. The van der Waals surface area contributed by atoms with Gasteiger partial charge in [0.1, 0.15) is 5.82 Å². The van der Waals surface area contributed by atoms with Crippen LogP contribution in [-0.4, -0.2) is 28.4 Å². The molecule has 1 aliphatic rings. The number of carbonyl (C=O) groups excluding carboxylic acids is 1. The summed E-state index contributed by atoms with van der Waals surface area (Å²) in [6.45, 7) is 1.87. The van der Waals surface area contributed by atoms with Crippen molar-refractivity contribution in [2.45, 2.75) is 38.6 Å². The number of hydrogen-bond acceptors (Lipinski definition) is 2. The minimum absolute atomic E-state index is 0.105. The lowest BCUT2D eigenvalue weighted by atomic mass is 10.1. The summed E-state index contributed by atoms with van der Waals surface area (Å²) in [6.07, 6.45) is 4.04. The Hall–Kier alpha value is -1.49. The lowest BCUT2D eigenvalue weighted by Gasteiger charge is -2.29. The zero-order valence-corrected chi connectivity index (χ0v) is 12.4. The molecule has 1 fully saturated rings. The zero-order chi connectivity index (χ0) is 14.7. The molecule has 0 unspecified atom stereocenters. The summed E-state index contributed by atoms with van der Waals surface area (Å²) in [5, 5.41) is 0. The number of benzene rings is 1. The van der Waals surface area contributed by atoms with Gasteiger partial charge in [0.05, 0.1) is 17.1 Å². The Morgan fingerprint density at radius 1 is 1.45 bits per heavy atom. The van der Waals surface area contributed by atoms with Gasteiger partial charge >= 0.3 is 0 Å². The Morgan fingerprint density at radius 2 is 2.10 bits per heavy atom. The van der Waals surface area contributed by atoms with Gasteiger partial charge in [0, 0.05) is 6.04 Å². The Balaban J connectivity index is 2.29. The summed E-state index contributed by atoms with van der Waals surface area (Å²) in [5.41, 5.74) is 6.16. The summed E-state index contributed by atoms with van der Waals surface area (Å²) in [7, 11) is 0. The fourth-order valence-corrected chi connectivity index (χ4v) is 2.86. The van der Waals surface area contributed by atoms with Crippen LogP contribution >= 0.6 is 12.2 Å². The molecule has 0 aromatic heterocycles. The molecule has 0 saturated heterocycles. The number of carbonyl (C=O) groups is 1. The van der Waals surface area contributed by atoms with E-state index in [1.54, 1.807) is 24.0 Å². The van der Waals surface area contributed by atoms with Crippen LogP contribution in [0.2, 0.25) is 0 Å². The van der Waals surface area contributed by atoms with Crippen LogP contribution in [0.5, 0.6) is 0 Å². The van der Waals surface area contributed by atoms with Gasteiger partial charge in [-0.1, -0.05) is 37.2 Å². The molecule has 2 N–H and O–H groups in total. The monoisotopic (exact) mass is 294 g/mol. The van der Waals surface area contributed by atoms with Gasteiger partial charge in [-0.3, -0.25) is 4.79 Å². The molecule has 2 rings (SSSR count). The molecule has 0 bridgehead atoms. The second kappa shape index (κ2) is 6.31. The first-order valence-corrected chi connectivity index (χ1v) is 7.26. The zero-order valence-electron chi connectivity index (χ0n) is 11.6. The van der Waals surface area contributed by atoms with E-state index in [2.05, 4.69) is 0 Å². The maximum Gasteiger partial charge on any atom is 0.257 e. The van der Waals surface area contributed by atoms with E-state index in [0.29, 0.717) is 5.56 Å². The molecule has 0 atom stereocenters. The van der Waals surface area contributed by atoms with E-state index in [1.807, 2.05) is 0 Å². The first-order valence-electron chi connectivity index (χ1n) is 6.85. The number of hydrogen-bond donors (Lipinski definition) is 1. The fraction of sp³-hybridized carbons (Fsp3) is 0.467. The molecule has 5 heteroatoms. The smallest absolute Gasteiger partial charge is 0.257 e. The van der Waals surface area contributed by atoms with E-state index in [4.69, 9.17) is 18.0 Å². The number of nitrogens with two attached hydrogens (primary N) is 1. The summed E-state index contributed by atoms with van der Waals surface area (Å²) in [5.74, 6) is -0.769. The van der Waals surface area contributed by atoms with Gasteiger partial charge in [-0.2, -0.15) is 0 Å². The normalized spacial score (nSPS) is 15.3. The minimum Gasteiger partial charge on any atom is -0.392 e.